The number of benzene rings is 3. The zero-order valence-electron chi connectivity index (χ0n) is 11.3. The van der Waals surface area contributed by atoms with E-state index < -0.39 is 5.82 Å². The smallest absolute Gasteiger partial charge is 0.204 e. The van der Waals surface area contributed by atoms with Crippen molar-refractivity contribution in [3.8, 4) is 0 Å². The van der Waals surface area contributed by atoms with Crippen molar-refractivity contribution in [2.24, 2.45) is 0 Å². The summed E-state index contributed by atoms with van der Waals surface area (Å²) in [7, 11) is 0. The van der Waals surface area contributed by atoms with Crippen molar-refractivity contribution in [1.82, 2.24) is 0 Å². The highest BCUT2D eigenvalue weighted by Gasteiger charge is 2.15. The number of hydrogen-bond acceptors (Lipinski definition) is 2. The molecular weight excluding hydrogens is 267 g/mol. The van der Waals surface area contributed by atoms with Gasteiger partial charge < -0.3 is 4.42 Å². The molecule has 4 rings (SSSR count). The molecule has 0 spiro atoms. The summed E-state index contributed by atoms with van der Waals surface area (Å²) in [5.74, 6) is -0.504. The SMILES string of the molecule is Cc1ccc2oc3ccc4ccccc4c3c(=O)c2c1F. The fourth-order valence-corrected chi connectivity index (χ4v) is 2.77. The first-order valence-electron chi connectivity index (χ1n) is 6.70. The molecule has 3 heteroatoms. The van der Waals surface area contributed by atoms with Gasteiger partial charge in [0.15, 0.2) is 0 Å². The second-order valence-electron chi connectivity index (χ2n) is 5.16. The molecule has 102 valence electrons. The molecule has 0 radical (unpaired) electrons. The number of halogens is 1. The van der Waals surface area contributed by atoms with E-state index in [1.54, 1.807) is 25.1 Å². The minimum absolute atomic E-state index is 0.0267. The Morgan fingerprint density at radius 1 is 0.905 bits per heavy atom. The van der Waals surface area contributed by atoms with E-state index in [9.17, 15) is 9.18 Å². The Balaban J connectivity index is 2.36. The van der Waals surface area contributed by atoms with Crippen LogP contribution in [0, 0.1) is 12.7 Å². The number of hydrogen-bond donors (Lipinski definition) is 0. The fraction of sp³-hybridized carbons (Fsp3) is 0.0556. The van der Waals surface area contributed by atoms with Gasteiger partial charge in [0.2, 0.25) is 5.43 Å². The molecule has 0 unspecified atom stereocenters. The summed E-state index contributed by atoms with van der Waals surface area (Å²) in [5.41, 5.74) is 0.888. The van der Waals surface area contributed by atoms with Gasteiger partial charge in [-0.15, -0.1) is 0 Å². The molecule has 0 N–H and O–H groups in total. The van der Waals surface area contributed by atoms with Gasteiger partial charge in [-0.1, -0.05) is 36.4 Å². The third-order valence-corrected chi connectivity index (χ3v) is 3.86. The van der Waals surface area contributed by atoms with Gasteiger partial charge in [-0.05, 0) is 35.4 Å². The zero-order valence-corrected chi connectivity index (χ0v) is 11.3. The van der Waals surface area contributed by atoms with Gasteiger partial charge in [0, 0.05) is 0 Å². The molecule has 1 heterocycles. The largest absolute Gasteiger partial charge is 0.456 e. The predicted octanol–water partition coefficient (Wildman–Crippen LogP) is 4.55. The molecule has 0 fully saturated rings. The van der Waals surface area contributed by atoms with Crippen LogP contribution in [0.2, 0.25) is 0 Å². The highest BCUT2D eigenvalue weighted by Crippen LogP contribution is 2.27. The van der Waals surface area contributed by atoms with E-state index in [1.807, 2.05) is 30.3 Å². The lowest BCUT2D eigenvalue weighted by Crippen LogP contribution is -2.06. The monoisotopic (exact) mass is 278 g/mol. The molecule has 0 aliphatic heterocycles. The summed E-state index contributed by atoms with van der Waals surface area (Å²) < 4.78 is 20.1. The minimum atomic E-state index is -0.504. The van der Waals surface area contributed by atoms with Crippen molar-refractivity contribution in [2.75, 3.05) is 0 Å². The van der Waals surface area contributed by atoms with E-state index in [-0.39, 0.29) is 16.4 Å². The van der Waals surface area contributed by atoms with E-state index in [4.69, 9.17) is 4.42 Å². The summed E-state index contributed by atoms with van der Waals surface area (Å²) >= 11 is 0. The normalized spacial score (nSPS) is 11.5. The fourth-order valence-electron chi connectivity index (χ4n) is 2.77. The number of rotatable bonds is 0. The molecule has 0 saturated heterocycles. The van der Waals surface area contributed by atoms with Gasteiger partial charge in [-0.2, -0.15) is 0 Å². The molecule has 21 heavy (non-hydrogen) atoms. The predicted molar refractivity (Wildman–Crippen MR) is 82.2 cm³/mol. The van der Waals surface area contributed by atoms with Gasteiger partial charge >= 0.3 is 0 Å². The van der Waals surface area contributed by atoms with Crippen LogP contribution in [0.5, 0.6) is 0 Å². The standard InChI is InChI=1S/C18H11FO2/c1-10-6-8-14-16(17(10)19)18(20)15-12-5-3-2-4-11(12)7-9-13(15)21-14/h2-9H,1H3. The summed E-state index contributed by atoms with van der Waals surface area (Å²) in [6.07, 6.45) is 0. The first-order chi connectivity index (χ1) is 10.2. The van der Waals surface area contributed by atoms with Crippen LogP contribution in [0.25, 0.3) is 32.7 Å². The Morgan fingerprint density at radius 2 is 1.62 bits per heavy atom. The molecule has 3 aromatic carbocycles. The van der Waals surface area contributed by atoms with Crippen LogP contribution in [0.4, 0.5) is 4.39 Å². The molecule has 2 nitrogen and oxygen atoms in total. The first kappa shape index (κ1) is 12.1. The van der Waals surface area contributed by atoms with E-state index in [0.717, 1.165) is 10.8 Å². The van der Waals surface area contributed by atoms with Gasteiger partial charge in [0.1, 0.15) is 22.4 Å². The van der Waals surface area contributed by atoms with Crippen molar-refractivity contribution >= 4 is 32.7 Å². The maximum Gasteiger partial charge on any atom is 0.204 e. The van der Waals surface area contributed by atoms with E-state index in [1.165, 1.54) is 0 Å². The first-order valence-corrected chi connectivity index (χ1v) is 6.70. The number of aryl methyl sites for hydroxylation is 1. The Bertz CT molecular complexity index is 1080. The second-order valence-corrected chi connectivity index (χ2v) is 5.16. The third-order valence-electron chi connectivity index (χ3n) is 3.86. The van der Waals surface area contributed by atoms with Gasteiger partial charge in [-0.25, -0.2) is 4.39 Å². The molecule has 0 aliphatic carbocycles. The van der Waals surface area contributed by atoms with Crippen molar-refractivity contribution in [2.45, 2.75) is 6.92 Å². The lowest BCUT2D eigenvalue weighted by molar-refractivity contribution is 0.618. The molecule has 0 atom stereocenters. The van der Waals surface area contributed by atoms with Crippen molar-refractivity contribution in [1.29, 1.82) is 0 Å². The maximum atomic E-state index is 14.3. The molecular formula is C18H11FO2. The van der Waals surface area contributed by atoms with Crippen LogP contribution in [-0.2, 0) is 0 Å². The van der Waals surface area contributed by atoms with Crippen LogP contribution >= 0.6 is 0 Å². The van der Waals surface area contributed by atoms with Gasteiger partial charge in [0.25, 0.3) is 0 Å². The highest BCUT2D eigenvalue weighted by molar-refractivity contribution is 6.08. The number of fused-ring (bicyclic) bond motifs is 4. The van der Waals surface area contributed by atoms with Crippen LogP contribution in [0.15, 0.2) is 57.7 Å². The van der Waals surface area contributed by atoms with Crippen LogP contribution in [0.1, 0.15) is 5.56 Å². The average molecular weight is 278 g/mol. The summed E-state index contributed by atoms with van der Waals surface area (Å²) in [5, 5.41) is 2.18. The molecule has 4 aromatic rings. The third kappa shape index (κ3) is 1.61. The molecule has 0 amide bonds. The van der Waals surface area contributed by atoms with E-state index >= 15 is 0 Å². The minimum Gasteiger partial charge on any atom is -0.456 e. The van der Waals surface area contributed by atoms with Crippen LogP contribution in [-0.4, -0.2) is 0 Å². The topological polar surface area (TPSA) is 30.2 Å². The van der Waals surface area contributed by atoms with E-state index in [2.05, 4.69) is 0 Å². The Labute approximate surface area is 119 Å². The van der Waals surface area contributed by atoms with Crippen molar-refractivity contribution in [3.05, 3.63) is 70.1 Å². The average Bonchev–Trinajstić information content (AvgIpc) is 2.50. The summed E-state index contributed by atoms with van der Waals surface area (Å²) in [6.45, 7) is 1.64. The van der Waals surface area contributed by atoms with Crippen molar-refractivity contribution < 1.29 is 8.81 Å². The maximum absolute atomic E-state index is 14.3. The second kappa shape index (κ2) is 4.16. The molecule has 1 aromatic heterocycles. The Hall–Kier alpha value is -2.68. The molecule has 0 bridgehead atoms. The van der Waals surface area contributed by atoms with E-state index in [0.29, 0.717) is 16.5 Å². The quantitative estimate of drug-likeness (QED) is 0.349. The zero-order chi connectivity index (χ0) is 14.6. The lowest BCUT2D eigenvalue weighted by atomic mass is 10.0. The highest BCUT2D eigenvalue weighted by atomic mass is 19.1. The van der Waals surface area contributed by atoms with Gasteiger partial charge in [0.05, 0.1) is 5.39 Å². The molecule has 0 saturated carbocycles. The Morgan fingerprint density at radius 3 is 2.48 bits per heavy atom. The summed E-state index contributed by atoms with van der Waals surface area (Å²) in [6, 6.07) is 14.5. The van der Waals surface area contributed by atoms with Crippen LogP contribution in [0.3, 0.4) is 0 Å². The van der Waals surface area contributed by atoms with Gasteiger partial charge in [-0.3, -0.25) is 4.79 Å². The van der Waals surface area contributed by atoms with Crippen LogP contribution < -0.4 is 5.43 Å². The lowest BCUT2D eigenvalue weighted by Gasteiger charge is -2.06. The molecule has 0 aliphatic rings. The summed E-state index contributed by atoms with van der Waals surface area (Å²) in [4.78, 5) is 12.8. The van der Waals surface area contributed by atoms with Crippen molar-refractivity contribution in [3.63, 3.8) is 0 Å². The Kier molecular flexibility index (Phi) is 2.39.